The maximum absolute atomic E-state index is 6.24. The molecule has 2 heteroatoms. The van der Waals surface area contributed by atoms with Crippen LogP contribution in [-0.4, -0.2) is 13.2 Å². The van der Waals surface area contributed by atoms with Crippen LogP contribution in [0.3, 0.4) is 0 Å². The van der Waals surface area contributed by atoms with Gasteiger partial charge in [-0.05, 0) is 44.0 Å². The van der Waals surface area contributed by atoms with Crippen LogP contribution in [0.5, 0.6) is 5.75 Å². The summed E-state index contributed by atoms with van der Waals surface area (Å²) in [4.78, 5) is 0. The molecule has 1 N–H and O–H groups in total. The number of hydrogen-bond donors (Lipinski definition) is 1. The van der Waals surface area contributed by atoms with Crippen molar-refractivity contribution in [2.75, 3.05) is 13.2 Å². The van der Waals surface area contributed by atoms with E-state index in [-0.39, 0.29) is 0 Å². The molecule has 0 bridgehead atoms. The van der Waals surface area contributed by atoms with Crippen LogP contribution in [0, 0.1) is 5.92 Å². The highest BCUT2D eigenvalue weighted by molar-refractivity contribution is 5.89. The van der Waals surface area contributed by atoms with Crippen LogP contribution in [0.1, 0.15) is 44.7 Å². The van der Waals surface area contributed by atoms with E-state index >= 15 is 0 Å². The largest absolute Gasteiger partial charge is 0.492 e. The number of rotatable bonds is 7. The van der Waals surface area contributed by atoms with Crippen molar-refractivity contribution in [1.29, 1.82) is 0 Å². The molecule has 21 heavy (non-hydrogen) atoms. The monoisotopic (exact) mass is 283 g/mol. The molecule has 2 nitrogen and oxygen atoms in total. The van der Waals surface area contributed by atoms with E-state index in [0.717, 1.165) is 31.2 Å². The lowest BCUT2D eigenvalue weighted by Crippen LogP contribution is -2.20. The number of benzene rings is 2. The van der Waals surface area contributed by atoms with Crippen LogP contribution in [0.4, 0.5) is 0 Å². The summed E-state index contributed by atoms with van der Waals surface area (Å²) >= 11 is 0. The third-order valence-electron chi connectivity index (χ3n) is 4.24. The van der Waals surface area contributed by atoms with Gasteiger partial charge in [-0.15, -0.1) is 0 Å². The van der Waals surface area contributed by atoms with Gasteiger partial charge in [-0.3, -0.25) is 0 Å². The summed E-state index contributed by atoms with van der Waals surface area (Å²) in [5.74, 6) is 1.85. The fourth-order valence-electron chi connectivity index (χ4n) is 2.72. The van der Waals surface area contributed by atoms with E-state index in [2.05, 4.69) is 55.6 Å². The fraction of sp³-hybridized carbons (Fsp3) is 0.474. The average molecular weight is 283 g/mol. The van der Waals surface area contributed by atoms with Crippen molar-refractivity contribution in [3.05, 3.63) is 42.0 Å². The van der Waals surface area contributed by atoms with Crippen LogP contribution in [0.2, 0.25) is 0 Å². The van der Waals surface area contributed by atoms with Crippen LogP contribution in [0.25, 0.3) is 10.8 Å². The van der Waals surface area contributed by atoms with Crippen molar-refractivity contribution in [1.82, 2.24) is 5.32 Å². The van der Waals surface area contributed by atoms with Crippen LogP contribution in [0.15, 0.2) is 36.4 Å². The molecule has 0 saturated heterocycles. The molecule has 1 saturated carbocycles. The highest BCUT2D eigenvalue weighted by Gasteiger charge is 2.23. The summed E-state index contributed by atoms with van der Waals surface area (Å²) in [5, 5.41) is 6.07. The minimum absolute atomic E-state index is 0.323. The first kappa shape index (κ1) is 14.4. The maximum atomic E-state index is 6.24. The molecule has 2 aromatic carbocycles. The summed E-state index contributed by atoms with van der Waals surface area (Å²) in [5.41, 5.74) is 1.28. The third-order valence-corrected chi connectivity index (χ3v) is 4.24. The first-order chi connectivity index (χ1) is 10.3. The van der Waals surface area contributed by atoms with Gasteiger partial charge >= 0.3 is 0 Å². The molecule has 1 unspecified atom stereocenters. The van der Waals surface area contributed by atoms with Crippen LogP contribution in [-0.2, 0) is 0 Å². The summed E-state index contributed by atoms with van der Waals surface area (Å²) < 4.78 is 6.24. The molecule has 0 radical (unpaired) electrons. The summed E-state index contributed by atoms with van der Waals surface area (Å²) in [6.45, 7) is 6.33. The normalized spacial score (nSPS) is 16.1. The van der Waals surface area contributed by atoms with Gasteiger partial charge in [0.15, 0.2) is 0 Å². The van der Waals surface area contributed by atoms with Crippen molar-refractivity contribution < 1.29 is 4.74 Å². The predicted molar refractivity (Wildman–Crippen MR) is 88.9 cm³/mol. The lowest BCUT2D eigenvalue weighted by Gasteiger charge is -2.20. The van der Waals surface area contributed by atoms with E-state index < -0.39 is 0 Å². The molecule has 3 rings (SSSR count). The second-order valence-corrected chi connectivity index (χ2v) is 6.14. The molecule has 1 aliphatic carbocycles. The molecule has 1 atom stereocenters. The maximum Gasteiger partial charge on any atom is 0.131 e. The Balaban J connectivity index is 1.93. The lowest BCUT2D eigenvalue weighted by atomic mass is 10.0. The summed E-state index contributed by atoms with van der Waals surface area (Å²) in [6, 6.07) is 13.3. The first-order valence-electron chi connectivity index (χ1n) is 8.17. The highest BCUT2D eigenvalue weighted by Crippen LogP contribution is 2.36. The zero-order valence-corrected chi connectivity index (χ0v) is 13.1. The minimum atomic E-state index is 0.323. The zero-order chi connectivity index (χ0) is 14.7. The minimum Gasteiger partial charge on any atom is -0.492 e. The molecule has 0 spiro atoms. The number of fused-ring (bicyclic) bond motifs is 1. The van der Waals surface area contributed by atoms with Crippen LogP contribution >= 0.6 is 0 Å². The van der Waals surface area contributed by atoms with Crippen molar-refractivity contribution in [3.63, 3.8) is 0 Å². The van der Waals surface area contributed by atoms with Gasteiger partial charge in [-0.25, -0.2) is 0 Å². The Morgan fingerprint density at radius 3 is 2.76 bits per heavy atom. The molecule has 112 valence electrons. The molecule has 1 fully saturated rings. The van der Waals surface area contributed by atoms with E-state index in [1.165, 1.54) is 29.2 Å². The van der Waals surface area contributed by atoms with E-state index in [1.54, 1.807) is 0 Å². The van der Waals surface area contributed by atoms with Gasteiger partial charge in [0, 0.05) is 17.0 Å². The van der Waals surface area contributed by atoms with Gasteiger partial charge in [0.25, 0.3) is 0 Å². The molecular formula is C19H25NO. The van der Waals surface area contributed by atoms with Crippen molar-refractivity contribution in [2.24, 2.45) is 5.92 Å². The SMILES string of the molecule is CCCNC(C)c1ccc2ccccc2c1OCC1CC1. The quantitative estimate of drug-likeness (QED) is 0.796. The molecule has 2 aromatic rings. The Hall–Kier alpha value is -1.54. The molecule has 0 aliphatic heterocycles. The Bertz CT molecular complexity index is 604. The van der Waals surface area contributed by atoms with Gasteiger partial charge in [0.1, 0.15) is 5.75 Å². The molecule has 0 amide bonds. The van der Waals surface area contributed by atoms with Gasteiger partial charge in [0.2, 0.25) is 0 Å². The first-order valence-corrected chi connectivity index (χ1v) is 8.17. The standard InChI is InChI=1S/C19H25NO/c1-3-12-20-14(2)17-11-10-16-6-4-5-7-18(16)19(17)21-13-15-8-9-15/h4-7,10-11,14-15,20H,3,8-9,12-13H2,1-2H3. The Morgan fingerprint density at radius 1 is 1.19 bits per heavy atom. The fourth-order valence-corrected chi connectivity index (χ4v) is 2.72. The van der Waals surface area contributed by atoms with Gasteiger partial charge < -0.3 is 10.1 Å². The van der Waals surface area contributed by atoms with E-state index in [9.17, 15) is 0 Å². The van der Waals surface area contributed by atoms with Crippen LogP contribution < -0.4 is 10.1 Å². The molecule has 0 aromatic heterocycles. The topological polar surface area (TPSA) is 21.3 Å². The Kier molecular flexibility index (Phi) is 4.45. The lowest BCUT2D eigenvalue weighted by molar-refractivity contribution is 0.297. The second kappa shape index (κ2) is 6.48. The van der Waals surface area contributed by atoms with E-state index in [0.29, 0.717) is 6.04 Å². The molecule has 0 heterocycles. The number of nitrogens with one attached hydrogen (secondary N) is 1. The molecule has 1 aliphatic rings. The number of hydrogen-bond acceptors (Lipinski definition) is 2. The summed E-state index contributed by atoms with van der Waals surface area (Å²) in [6.07, 6.45) is 3.80. The smallest absolute Gasteiger partial charge is 0.131 e. The Morgan fingerprint density at radius 2 is 2.00 bits per heavy atom. The van der Waals surface area contributed by atoms with E-state index in [4.69, 9.17) is 4.74 Å². The highest BCUT2D eigenvalue weighted by atomic mass is 16.5. The van der Waals surface area contributed by atoms with Crippen molar-refractivity contribution >= 4 is 10.8 Å². The predicted octanol–water partition coefficient (Wildman–Crippen LogP) is 4.69. The second-order valence-electron chi connectivity index (χ2n) is 6.14. The number of ether oxygens (including phenoxy) is 1. The van der Waals surface area contributed by atoms with Gasteiger partial charge in [-0.1, -0.05) is 43.3 Å². The summed E-state index contributed by atoms with van der Waals surface area (Å²) in [7, 11) is 0. The third kappa shape index (κ3) is 3.38. The average Bonchev–Trinajstić information content (AvgIpc) is 3.34. The van der Waals surface area contributed by atoms with Crippen molar-refractivity contribution in [2.45, 2.75) is 39.2 Å². The van der Waals surface area contributed by atoms with Gasteiger partial charge in [-0.2, -0.15) is 0 Å². The van der Waals surface area contributed by atoms with E-state index in [1.807, 2.05) is 0 Å². The van der Waals surface area contributed by atoms with Crippen molar-refractivity contribution in [3.8, 4) is 5.75 Å². The zero-order valence-electron chi connectivity index (χ0n) is 13.1. The molecular weight excluding hydrogens is 258 g/mol. The Labute approximate surface area is 127 Å². The van der Waals surface area contributed by atoms with Gasteiger partial charge in [0.05, 0.1) is 6.61 Å².